The topological polar surface area (TPSA) is 302 Å². The van der Waals surface area contributed by atoms with E-state index in [4.69, 9.17) is 19.6 Å². The van der Waals surface area contributed by atoms with Crippen LogP contribution in [0, 0.1) is 23.2 Å². The van der Waals surface area contributed by atoms with Gasteiger partial charge in [-0.1, -0.05) is 74.1 Å². The van der Waals surface area contributed by atoms with E-state index in [0.29, 0.717) is 97.2 Å². The molecule has 6 aromatic rings. The molecular formula is C67H76N10O13S2. The molecule has 2 atom stereocenters. The van der Waals surface area contributed by atoms with Crippen molar-refractivity contribution >= 4 is 96.0 Å². The molecule has 2 unspecified atom stereocenters. The molecule has 2 aliphatic heterocycles. The number of carboxylic acid groups (broad SMARTS) is 1. The van der Waals surface area contributed by atoms with E-state index in [-0.39, 0.29) is 97.2 Å². The normalized spacial score (nSPS) is 21.5. The number of aromatic carboxylic acids is 1. The summed E-state index contributed by atoms with van der Waals surface area (Å²) in [7, 11) is -4.45. The molecule has 0 spiro atoms. The summed E-state index contributed by atoms with van der Waals surface area (Å²) in [5.41, 5.74) is 5.22. The third-order valence-electron chi connectivity index (χ3n) is 18.3. The lowest BCUT2D eigenvalue weighted by molar-refractivity contribution is -0.248. The Kier molecular flexibility index (Phi) is 19.0. The summed E-state index contributed by atoms with van der Waals surface area (Å²) >= 11 is 1.41. The summed E-state index contributed by atoms with van der Waals surface area (Å²) in [5.74, 6) is -2.85. The fraction of sp³-hybridized carbons (Fsp3) is 0.433. The molecule has 6 aliphatic rings. The van der Waals surface area contributed by atoms with Crippen LogP contribution < -0.4 is 20.9 Å². The molecule has 5 heterocycles. The first kappa shape index (κ1) is 64.9. The predicted octanol–water partition coefficient (Wildman–Crippen LogP) is 9.48. The van der Waals surface area contributed by atoms with Crippen LogP contribution in [0.4, 0.5) is 21.4 Å². The minimum atomic E-state index is -4.45. The standard InChI is InChI=1S/C67H76N10O13S2/c1-44-50(48-20-21-54(72-59(48)61(83)84)75-28-25-46-14-10-16-49(51(46)36-75)60(82)73-62-71-52-17-6-7-18-53(52)91-62)35-69-77(44)43-66-38-64(2)37-65(3,39-66)41-67(40-64,42-66)90-32-29-74(30-33-92(86,87)88)63(85)89-31-11-13-45-12-9-15-47(34-45)70-56(79)24-26-68-55(78)19-5-4-8-27-76-57(80)22-23-58(76)81/h6-7,9-18,20-23,34-35H,4-5,8,19,24-33,36-43H2,1-3H3,(H,68,78)(H,70,79)(H,83,84)(H,71,73,82)(H,86,87,88)/b13-11+. The SMILES string of the molecule is Cc1c(-c2ccc(N3CCc4cccc(C(=O)Nc5nc6ccccc6s5)c4C3)nc2C(=O)O)cnn1CC12CC3(C)CC(C)(C1)CC(OCCN(CCS(=O)(=O)O)C(=O)OC/C=C/c1cccc(NC(=O)CCNC(=O)CCCCCN4C(=O)C=CC4=O)c1)(C3)C2. The van der Waals surface area contributed by atoms with E-state index in [1.807, 2.05) is 59.0 Å². The number of nitrogens with zero attached hydrogens (tertiary/aromatic N) is 7. The monoisotopic (exact) mass is 1290 g/mol. The highest BCUT2D eigenvalue weighted by molar-refractivity contribution is 7.85. The molecule has 25 heteroatoms. The van der Waals surface area contributed by atoms with Crippen molar-refractivity contribution in [2.75, 3.05) is 67.2 Å². The summed E-state index contributed by atoms with van der Waals surface area (Å²) in [5, 5.41) is 24.7. The Morgan fingerprint density at radius 3 is 2.36 bits per heavy atom. The van der Waals surface area contributed by atoms with Gasteiger partial charge in [0.15, 0.2) is 10.8 Å². The molecule has 3 aromatic heterocycles. The van der Waals surface area contributed by atoms with Crippen molar-refractivity contribution in [3.05, 3.63) is 137 Å². The highest BCUT2D eigenvalue weighted by Crippen LogP contribution is 2.72. The van der Waals surface area contributed by atoms with Crippen molar-refractivity contribution in [2.24, 2.45) is 16.2 Å². The molecule has 6 amide bonds. The maximum absolute atomic E-state index is 13.8. The van der Waals surface area contributed by atoms with E-state index in [1.165, 1.54) is 33.3 Å². The minimum absolute atomic E-state index is 0.00754. The zero-order chi connectivity index (χ0) is 65.0. The molecule has 4 fully saturated rings. The Morgan fingerprint density at radius 2 is 1.60 bits per heavy atom. The molecule has 4 bridgehead atoms. The van der Waals surface area contributed by atoms with Crippen LogP contribution in [0.5, 0.6) is 0 Å². The van der Waals surface area contributed by atoms with E-state index in [1.54, 1.807) is 54.7 Å². The number of carbonyl (C=O) groups excluding carboxylic acids is 6. The summed E-state index contributed by atoms with van der Waals surface area (Å²) < 4.78 is 49.2. The van der Waals surface area contributed by atoms with E-state index in [2.05, 4.69) is 34.8 Å². The minimum Gasteiger partial charge on any atom is -0.476 e. The number of imide groups is 1. The number of pyridine rings is 1. The van der Waals surface area contributed by atoms with Gasteiger partial charge in [0.2, 0.25) is 11.8 Å². The number of ether oxygens (including phenoxy) is 2. The third-order valence-corrected chi connectivity index (χ3v) is 19.9. The van der Waals surface area contributed by atoms with Crippen molar-refractivity contribution < 1.29 is 61.1 Å². The van der Waals surface area contributed by atoms with Gasteiger partial charge in [-0.2, -0.15) is 13.5 Å². The molecule has 3 aromatic carbocycles. The molecule has 4 aliphatic carbocycles. The van der Waals surface area contributed by atoms with Crippen LogP contribution in [-0.2, 0) is 58.3 Å². The Labute approximate surface area is 537 Å². The van der Waals surface area contributed by atoms with Gasteiger partial charge in [0.1, 0.15) is 12.4 Å². The molecule has 484 valence electrons. The van der Waals surface area contributed by atoms with Crippen LogP contribution >= 0.6 is 11.3 Å². The Bertz CT molecular complexity index is 3980. The van der Waals surface area contributed by atoms with Crippen molar-refractivity contribution in [1.29, 1.82) is 0 Å². The van der Waals surface area contributed by atoms with Gasteiger partial charge in [-0.3, -0.25) is 43.4 Å². The van der Waals surface area contributed by atoms with Gasteiger partial charge >= 0.3 is 12.1 Å². The van der Waals surface area contributed by atoms with Crippen molar-refractivity contribution in [3.63, 3.8) is 0 Å². The number of hydrogen-bond donors (Lipinski definition) is 5. The molecule has 23 nitrogen and oxygen atoms in total. The molecule has 4 saturated carbocycles. The maximum Gasteiger partial charge on any atom is 0.410 e. The second-order valence-electron chi connectivity index (χ2n) is 25.9. The number of carbonyl (C=O) groups is 7. The number of nitrogens with one attached hydrogen (secondary N) is 3. The van der Waals surface area contributed by atoms with Gasteiger partial charge in [-0.15, -0.1) is 0 Å². The van der Waals surface area contributed by atoms with Gasteiger partial charge in [-0.05, 0) is 146 Å². The first-order valence-electron chi connectivity index (χ1n) is 31.1. The lowest BCUT2D eigenvalue weighted by Gasteiger charge is -2.69. The van der Waals surface area contributed by atoms with Gasteiger partial charge in [-0.25, -0.2) is 19.6 Å². The smallest absolute Gasteiger partial charge is 0.410 e. The van der Waals surface area contributed by atoms with Crippen molar-refractivity contribution in [2.45, 2.75) is 117 Å². The van der Waals surface area contributed by atoms with Crippen LogP contribution in [0.15, 0.2) is 103 Å². The van der Waals surface area contributed by atoms with E-state index in [9.17, 15) is 51.6 Å². The zero-order valence-corrected chi connectivity index (χ0v) is 53.4. The predicted molar refractivity (Wildman–Crippen MR) is 346 cm³/mol. The third kappa shape index (κ3) is 15.3. The Hall–Kier alpha value is -8.65. The van der Waals surface area contributed by atoms with E-state index in [0.717, 1.165) is 59.1 Å². The first-order chi connectivity index (χ1) is 43.9. The van der Waals surface area contributed by atoms with Crippen molar-refractivity contribution in [3.8, 4) is 11.1 Å². The first-order valence-corrected chi connectivity index (χ1v) is 33.5. The number of rotatable bonds is 27. The van der Waals surface area contributed by atoms with Crippen LogP contribution in [0.2, 0.25) is 0 Å². The lowest BCUT2D eigenvalue weighted by Crippen LogP contribution is -2.64. The number of amides is 6. The summed E-state index contributed by atoms with van der Waals surface area (Å²) in [6.45, 7) is 8.05. The van der Waals surface area contributed by atoms with Gasteiger partial charge in [0.25, 0.3) is 27.8 Å². The Morgan fingerprint density at radius 1 is 0.826 bits per heavy atom. The summed E-state index contributed by atoms with van der Waals surface area (Å²) in [4.78, 5) is 103. The average molecular weight is 1290 g/mol. The quantitative estimate of drug-likeness (QED) is 0.0182. The van der Waals surface area contributed by atoms with Crippen LogP contribution in [0.1, 0.15) is 128 Å². The number of fused-ring (bicyclic) bond motifs is 2. The number of hydrogen-bond acceptors (Lipinski definition) is 16. The summed E-state index contributed by atoms with van der Waals surface area (Å²) in [6, 6.07) is 24.0. The second-order valence-corrected chi connectivity index (χ2v) is 28.5. The average Bonchev–Trinajstić information content (AvgIpc) is 0.728. The molecular weight excluding hydrogens is 1220 g/mol. The van der Waals surface area contributed by atoms with Gasteiger partial charge in [0.05, 0.1) is 34.4 Å². The number of aromatic nitrogens is 4. The largest absolute Gasteiger partial charge is 0.476 e. The number of para-hydroxylation sites is 1. The molecule has 92 heavy (non-hydrogen) atoms. The highest BCUT2D eigenvalue weighted by Gasteiger charge is 2.66. The fourth-order valence-corrected chi connectivity index (χ4v) is 16.8. The summed E-state index contributed by atoms with van der Waals surface area (Å²) in [6.07, 6.45) is 14.6. The van der Waals surface area contributed by atoms with Crippen LogP contribution in [0.25, 0.3) is 27.4 Å². The lowest BCUT2D eigenvalue weighted by atomic mass is 9.39. The van der Waals surface area contributed by atoms with E-state index < -0.39 is 33.5 Å². The Balaban J connectivity index is 0.681. The number of benzene rings is 3. The van der Waals surface area contributed by atoms with Crippen LogP contribution in [0.3, 0.4) is 0 Å². The zero-order valence-electron chi connectivity index (χ0n) is 51.8. The fourth-order valence-electron chi connectivity index (χ4n) is 15.4. The molecule has 12 rings (SSSR count). The molecule has 5 N–H and O–H groups in total. The molecule has 0 saturated heterocycles. The van der Waals surface area contributed by atoms with Crippen molar-refractivity contribution in [1.82, 2.24) is 34.9 Å². The van der Waals surface area contributed by atoms with Gasteiger partial charge in [0, 0.05) is 98.9 Å². The number of anilines is 3. The van der Waals surface area contributed by atoms with Crippen LogP contribution in [-0.4, -0.2) is 147 Å². The molecule has 0 radical (unpaired) electrons. The number of thiazole rings is 1. The maximum atomic E-state index is 13.8. The highest BCUT2D eigenvalue weighted by atomic mass is 32.2. The van der Waals surface area contributed by atoms with Gasteiger partial charge < -0.3 is 35.0 Å². The van der Waals surface area contributed by atoms with E-state index >= 15 is 0 Å². The second kappa shape index (κ2) is 26.9. The number of unbranched alkanes of at least 4 members (excludes halogenated alkanes) is 2. The number of carboxylic acids is 1.